The number of hydrogen-bond acceptors (Lipinski definition) is 9. The van der Waals surface area contributed by atoms with Gasteiger partial charge in [-0.05, 0) is 55.0 Å². The minimum absolute atomic E-state index is 0.0175. The Bertz CT molecular complexity index is 1680. The number of aromatic hydroxyl groups is 1. The first-order valence-electron chi connectivity index (χ1n) is 15.4. The van der Waals surface area contributed by atoms with E-state index in [1.54, 1.807) is 6.07 Å². The van der Waals surface area contributed by atoms with Gasteiger partial charge in [-0.25, -0.2) is 8.42 Å². The van der Waals surface area contributed by atoms with Crippen molar-refractivity contribution in [3.63, 3.8) is 0 Å². The van der Waals surface area contributed by atoms with Gasteiger partial charge in [0.1, 0.15) is 24.1 Å². The van der Waals surface area contributed by atoms with Crippen molar-refractivity contribution < 1.29 is 37.8 Å². The van der Waals surface area contributed by atoms with Crippen LogP contribution in [0.15, 0.2) is 76.5 Å². The lowest BCUT2D eigenvalue weighted by molar-refractivity contribution is -0.138. The zero-order valence-electron chi connectivity index (χ0n) is 26.7. The number of hydrogen-bond donors (Lipinski definition) is 4. The van der Waals surface area contributed by atoms with Crippen LogP contribution in [-0.2, 0) is 24.2 Å². The third kappa shape index (κ3) is 8.77. The van der Waals surface area contributed by atoms with Crippen LogP contribution in [0.25, 0.3) is 0 Å². The predicted molar refractivity (Wildman–Crippen MR) is 181 cm³/mol. The molecule has 1 aliphatic heterocycles. The number of rotatable bonds is 14. The van der Waals surface area contributed by atoms with Gasteiger partial charge in [-0.15, -0.1) is 11.8 Å². The Balaban J connectivity index is 1.67. The van der Waals surface area contributed by atoms with Gasteiger partial charge >= 0.3 is 5.97 Å². The molecule has 0 unspecified atom stereocenters. The topological polar surface area (TPSA) is 162 Å². The third-order valence-electron chi connectivity index (χ3n) is 8.06. The summed E-state index contributed by atoms with van der Waals surface area (Å²) in [5, 5.41) is 23.5. The van der Waals surface area contributed by atoms with Gasteiger partial charge in [-0.1, -0.05) is 57.0 Å². The quantitative estimate of drug-likeness (QED) is 0.169. The summed E-state index contributed by atoms with van der Waals surface area (Å²) in [5.41, 5.74) is 1.27. The highest BCUT2D eigenvalue weighted by atomic mass is 32.2. The summed E-state index contributed by atoms with van der Waals surface area (Å²) in [6.07, 6.45) is 5.01. The van der Waals surface area contributed by atoms with Gasteiger partial charge in [0.15, 0.2) is 16.4 Å². The smallest absolute Gasteiger partial charge is 0.322 e. The van der Waals surface area contributed by atoms with Crippen LogP contribution in [0.5, 0.6) is 11.5 Å². The van der Waals surface area contributed by atoms with Crippen LogP contribution in [0.4, 0.5) is 11.4 Å². The zero-order chi connectivity index (χ0) is 34.2. The molecule has 0 aromatic heterocycles. The number of aliphatic carboxylic acids is 1. The van der Waals surface area contributed by atoms with Crippen molar-refractivity contribution in [3.05, 3.63) is 72.3 Å². The van der Waals surface area contributed by atoms with Gasteiger partial charge in [0.05, 0.1) is 21.2 Å². The van der Waals surface area contributed by atoms with E-state index in [0.717, 1.165) is 31.4 Å². The monoisotopic (exact) mass is 683 g/mol. The fourth-order valence-electron chi connectivity index (χ4n) is 6.11. The van der Waals surface area contributed by atoms with Crippen molar-refractivity contribution in [2.45, 2.75) is 55.4 Å². The van der Waals surface area contributed by atoms with E-state index in [-0.39, 0.29) is 22.1 Å². The van der Waals surface area contributed by atoms with Crippen LogP contribution in [0.3, 0.4) is 0 Å². The summed E-state index contributed by atoms with van der Waals surface area (Å²) >= 11 is 1.35. The first-order valence-corrected chi connectivity index (χ1v) is 18.3. The SMILES string of the molecule is CCCC1(CCC)CN(c2ccccc2)c2cc(SC)c(OCC(=O)N[C@@H](C(=O)NCC(=O)O)c3ccc(O)cc3)cc2S(=O)(=O)C1. The van der Waals surface area contributed by atoms with E-state index in [2.05, 4.69) is 29.4 Å². The third-order valence-corrected chi connectivity index (χ3v) is 10.8. The molecule has 4 N–H and O–H groups in total. The molecule has 0 saturated carbocycles. The van der Waals surface area contributed by atoms with E-state index in [1.165, 1.54) is 42.1 Å². The van der Waals surface area contributed by atoms with E-state index in [4.69, 9.17) is 9.84 Å². The summed E-state index contributed by atoms with van der Waals surface area (Å²) in [6, 6.07) is 17.3. The van der Waals surface area contributed by atoms with Crippen LogP contribution in [-0.4, -0.2) is 68.1 Å². The average molecular weight is 684 g/mol. The second kappa shape index (κ2) is 15.6. The molecule has 4 rings (SSSR count). The number of anilines is 2. The maximum Gasteiger partial charge on any atom is 0.322 e. The number of fused-ring (bicyclic) bond motifs is 1. The molecule has 0 fully saturated rings. The molecule has 3 aromatic carbocycles. The molecule has 1 aliphatic rings. The molecular formula is C34H41N3O8S2. The number of benzene rings is 3. The second-order valence-corrected chi connectivity index (χ2v) is 14.4. The number of thioether (sulfide) groups is 1. The van der Waals surface area contributed by atoms with Crippen LogP contribution in [0, 0.1) is 5.41 Å². The van der Waals surface area contributed by atoms with Crippen LogP contribution < -0.4 is 20.3 Å². The lowest BCUT2D eigenvalue weighted by atomic mass is 9.80. The molecule has 3 aromatic rings. The lowest BCUT2D eigenvalue weighted by Gasteiger charge is -2.37. The number of sulfone groups is 1. The standard InChI is InChI=1S/C34H41N3O8S2/c1-4-15-34(16-5-2)21-37(24-9-7-6-8-10-24)26-17-28(46-3)27(18-29(26)47(43,44)22-34)45-20-30(39)36-32(33(42)35-19-31(40)41)23-11-13-25(38)14-12-23/h6-14,17-18,32,38H,4-5,15-16,19-22H2,1-3H3,(H,35,42)(H,36,39)(H,40,41)/t32-/m1/s1. The Labute approximate surface area is 279 Å². The summed E-state index contributed by atoms with van der Waals surface area (Å²) in [4.78, 5) is 39.8. The number of phenolic OH excluding ortho intramolecular Hbond substituents is 1. The number of phenols is 1. The molecule has 11 nitrogen and oxygen atoms in total. The number of amides is 2. The molecule has 1 heterocycles. The minimum atomic E-state index is -3.79. The van der Waals surface area contributed by atoms with Crippen LogP contribution >= 0.6 is 11.8 Å². The number of nitrogens with zero attached hydrogens (tertiary/aromatic N) is 1. The number of carboxylic acids is 1. The number of carboxylic acid groups (broad SMARTS) is 1. The van der Waals surface area contributed by atoms with E-state index in [0.29, 0.717) is 22.7 Å². The minimum Gasteiger partial charge on any atom is -0.508 e. The Morgan fingerprint density at radius 1 is 1.02 bits per heavy atom. The lowest BCUT2D eigenvalue weighted by Crippen LogP contribution is -2.43. The fourth-order valence-corrected chi connectivity index (χ4v) is 8.78. The molecule has 0 radical (unpaired) electrons. The number of para-hydroxylation sites is 1. The van der Waals surface area contributed by atoms with E-state index in [1.807, 2.05) is 36.6 Å². The van der Waals surface area contributed by atoms with Crippen molar-refractivity contribution in [1.29, 1.82) is 0 Å². The highest BCUT2D eigenvalue weighted by Crippen LogP contribution is 2.47. The van der Waals surface area contributed by atoms with Gasteiger partial charge < -0.3 is 30.5 Å². The summed E-state index contributed by atoms with van der Waals surface area (Å²) in [7, 11) is -3.79. The van der Waals surface area contributed by atoms with E-state index >= 15 is 0 Å². The number of nitrogens with one attached hydrogen (secondary N) is 2. The van der Waals surface area contributed by atoms with Gasteiger partial charge in [-0.3, -0.25) is 14.4 Å². The first kappa shape index (κ1) is 35.6. The molecule has 0 bridgehead atoms. The number of carbonyl (C=O) groups is 3. The highest BCUT2D eigenvalue weighted by Gasteiger charge is 2.42. The van der Waals surface area contributed by atoms with Gasteiger partial charge in [0.25, 0.3) is 5.91 Å². The molecule has 2 amide bonds. The maximum atomic E-state index is 14.2. The zero-order valence-corrected chi connectivity index (χ0v) is 28.3. The molecule has 252 valence electrons. The fraction of sp³-hybridized carbons (Fsp3) is 0.382. The average Bonchev–Trinajstić information content (AvgIpc) is 3.13. The Hall–Kier alpha value is -4.23. The summed E-state index contributed by atoms with van der Waals surface area (Å²) in [6.45, 7) is 3.47. The van der Waals surface area contributed by atoms with Gasteiger partial charge in [0, 0.05) is 23.7 Å². The Morgan fingerprint density at radius 3 is 2.28 bits per heavy atom. The summed E-state index contributed by atoms with van der Waals surface area (Å²) in [5.74, 6) is -2.59. The van der Waals surface area contributed by atoms with Crippen molar-refractivity contribution in [2.24, 2.45) is 5.41 Å². The number of carbonyl (C=O) groups excluding carboxylic acids is 2. The molecular weight excluding hydrogens is 643 g/mol. The molecule has 1 atom stereocenters. The van der Waals surface area contributed by atoms with E-state index < -0.39 is 52.2 Å². The normalized spacial score (nSPS) is 15.5. The van der Waals surface area contributed by atoms with Crippen molar-refractivity contribution in [2.75, 3.05) is 36.6 Å². The molecule has 0 saturated heterocycles. The maximum absolute atomic E-state index is 14.2. The molecule has 47 heavy (non-hydrogen) atoms. The van der Waals surface area contributed by atoms with Gasteiger partial charge in [0.2, 0.25) is 5.91 Å². The predicted octanol–water partition coefficient (Wildman–Crippen LogP) is 5.06. The second-order valence-electron chi connectivity index (χ2n) is 11.6. The van der Waals surface area contributed by atoms with Crippen molar-refractivity contribution >= 4 is 50.8 Å². The summed E-state index contributed by atoms with van der Waals surface area (Å²) < 4.78 is 34.3. The Morgan fingerprint density at radius 2 is 1.68 bits per heavy atom. The Kier molecular flexibility index (Phi) is 11.8. The highest BCUT2D eigenvalue weighted by molar-refractivity contribution is 7.98. The molecule has 13 heteroatoms. The van der Waals surface area contributed by atoms with Crippen LogP contribution in [0.1, 0.15) is 51.1 Å². The van der Waals surface area contributed by atoms with Crippen molar-refractivity contribution in [3.8, 4) is 11.5 Å². The first-order chi connectivity index (χ1) is 22.4. The number of ether oxygens (including phenoxy) is 1. The van der Waals surface area contributed by atoms with Gasteiger partial charge in [-0.2, -0.15) is 0 Å². The van der Waals surface area contributed by atoms with Crippen molar-refractivity contribution in [1.82, 2.24) is 10.6 Å². The molecule has 0 aliphatic carbocycles. The molecule has 0 spiro atoms. The van der Waals surface area contributed by atoms with Crippen LogP contribution in [0.2, 0.25) is 0 Å². The largest absolute Gasteiger partial charge is 0.508 e. The van der Waals surface area contributed by atoms with E-state index in [9.17, 15) is 27.9 Å².